The molecule has 34 heavy (non-hydrogen) atoms. The quantitative estimate of drug-likeness (QED) is 0.168. The molecule has 0 N–H and O–H groups in total. The molecule has 0 fully saturated rings. The van der Waals surface area contributed by atoms with Gasteiger partial charge in [0.05, 0.1) is 40.7 Å². The first kappa shape index (κ1) is 63.0. The average molecular weight is 592 g/mol. The van der Waals surface area contributed by atoms with E-state index in [1.54, 1.807) is 0 Å². The first-order chi connectivity index (χ1) is 13.9. The van der Waals surface area contributed by atoms with Gasteiger partial charge in [0.15, 0.2) is 0 Å². The zero-order valence-electron chi connectivity index (χ0n) is 14.4. The Morgan fingerprint density at radius 2 is 0.206 bits per heavy atom. The molecule has 0 bridgehead atoms. The summed E-state index contributed by atoms with van der Waals surface area (Å²) in [6, 6.07) is 0. The Kier molecular flexibility index (Phi) is 105. The van der Waals surface area contributed by atoms with Gasteiger partial charge in [-0.25, -0.2) is 0 Å². The standard InChI is InChI=1S/8NO3.2Ti/c8*2-1(3)4;;/q8*-1;2*+4. The Labute approximate surface area is 207 Å². The molecule has 192 valence electrons. The number of nitrogens with zero attached hydrogens (tertiary/aromatic N) is 8. The van der Waals surface area contributed by atoms with Crippen LogP contribution in [0.4, 0.5) is 0 Å². The summed E-state index contributed by atoms with van der Waals surface area (Å²) < 4.78 is 0. The molecule has 0 rings (SSSR count). The van der Waals surface area contributed by atoms with Crippen molar-refractivity contribution < 1.29 is 84.1 Å². The van der Waals surface area contributed by atoms with Gasteiger partial charge in [-0.1, -0.05) is 0 Å². The molecule has 0 aromatic carbocycles. The molecule has 0 saturated carbocycles. The van der Waals surface area contributed by atoms with E-state index in [2.05, 4.69) is 0 Å². The third kappa shape index (κ3) is 741. The summed E-state index contributed by atoms with van der Waals surface area (Å²) in [6.45, 7) is 0. The molecule has 0 aliphatic rings. The minimum absolute atomic E-state index is 0. The zero-order valence-corrected chi connectivity index (χ0v) is 17.5. The van der Waals surface area contributed by atoms with Crippen molar-refractivity contribution in [3.05, 3.63) is 123 Å². The smallest absolute Gasteiger partial charge is 0.356 e. The average Bonchev–Trinajstić information content (AvgIpc) is 2.30. The second-order valence-electron chi connectivity index (χ2n) is 1.79. The molecule has 0 aromatic rings. The molecule has 0 aliphatic carbocycles. The fraction of sp³-hybridized carbons (Fsp3) is 0. The van der Waals surface area contributed by atoms with E-state index in [-0.39, 0.29) is 43.4 Å². The predicted octanol–water partition coefficient (Wildman–Crippen LogP) is -1.92. The first-order valence-corrected chi connectivity index (χ1v) is 4.38. The van der Waals surface area contributed by atoms with Gasteiger partial charge in [-0.3, -0.25) is 0 Å². The summed E-state index contributed by atoms with van der Waals surface area (Å²) >= 11 is 0. The molecule has 0 atom stereocenters. The molecule has 0 spiro atoms. The molecule has 0 aliphatic heterocycles. The van der Waals surface area contributed by atoms with Gasteiger partial charge in [-0.05, 0) is 0 Å². The van der Waals surface area contributed by atoms with Crippen LogP contribution in [0.5, 0.6) is 0 Å². The van der Waals surface area contributed by atoms with E-state index < -0.39 is 40.7 Å². The van der Waals surface area contributed by atoms with E-state index in [1.807, 2.05) is 0 Å². The van der Waals surface area contributed by atoms with E-state index in [4.69, 9.17) is 123 Å². The summed E-state index contributed by atoms with van der Waals surface area (Å²) in [4.78, 5) is 66.0. The zero-order chi connectivity index (χ0) is 28.6. The van der Waals surface area contributed by atoms with Crippen LogP contribution >= 0.6 is 0 Å². The molecule has 0 unspecified atom stereocenters. The van der Waals surface area contributed by atoms with Crippen molar-refractivity contribution >= 4 is 0 Å². The number of rotatable bonds is 0. The van der Waals surface area contributed by atoms with Gasteiger partial charge in [-0.2, -0.15) is 0 Å². The fourth-order valence-corrected chi connectivity index (χ4v) is 0. The van der Waals surface area contributed by atoms with Gasteiger partial charge in [0.1, 0.15) is 0 Å². The van der Waals surface area contributed by atoms with Gasteiger partial charge < -0.3 is 123 Å². The summed E-state index contributed by atoms with van der Waals surface area (Å²) in [5, 5.41) is 118. The van der Waals surface area contributed by atoms with Crippen LogP contribution in [0, 0.1) is 123 Å². The van der Waals surface area contributed by atoms with Crippen LogP contribution in [0.15, 0.2) is 0 Å². The van der Waals surface area contributed by atoms with E-state index in [9.17, 15) is 0 Å². The summed E-state index contributed by atoms with van der Waals surface area (Å²) in [5.41, 5.74) is 0. The van der Waals surface area contributed by atoms with Gasteiger partial charge in [0.2, 0.25) is 0 Å². The van der Waals surface area contributed by atoms with Crippen LogP contribution in [0.3, 0.4) is 0 Å². The normalized spacial score (nSPS) is 5.65. The third-order valence-electron chi connectivity index (χ3n) is 0. The van der Waals surface area contributed by atoms with Crippen LogP contribution in [0.1, 0.15) is 0 Å². The monoisotopic (exact) mass is 592 g/mol. The molecule has 0 radical (unpaired) electrons. The second kappa shape index (κ2) is 56.6. The predicted molar refractivity (Wildman–Crippen MR) is 82.9 cm³/mol. The van der Waals surface area contributed by atoms with Crippen LogP contribution in [0.25, 0.3) is 0 Å². The molecule has 0 aromatic heterocycles. The van der Waals surface area contributed by atoms with Crippen molar-refractivity contribution in [2.45, 2.75) is 0 Å². The summed E-state index contributed by atoms with van der Waals surface area (Å²) in [7, 11) is 0. The minimum atomic E-state index is -1.75. The van der Waals surface area contributed by atoms with Crippen LogP contribution in [0.2, 0.25) is 0 Å². The van der Waals surface area contributed by atoms with E-state index in [0.717, 1.165) is 0 Å². The van der Waals surface area contributed by atoms with E-state index in [0.29, 0.717) is 0 Å². The SMILES string of the molecule is O=[N+]([O-])[O-].O=[N+]([O-])[O-].O=[N+]([O-])[O-].O=[N+]([O-])[O-].O=[N+]([O-])[O-].O=[N+]([O-])[O-].O=[N+]([O-])[O-].O=[N+]([O-])[O-].[Ti+4].[Ti+4]. The van der Waals surface area contributed by atoms with Crippen molar-refractivity contribution in [2.75, 3.05) is 0 Å². The van der Waals surface area contributed by atoms with Gasteiger partial charge >= 0.3 is 43.4 Å². The Balaban J connectivity index is -0.0000000240. The Hall–Kier alpha value is -4.97. The van der Waals surface area contributed by atoms with Crippen molar-refractivity contribution in [1.82, 2.24) is 0 Å². The van der Waals surface area contributed by atoms with Gasteiger partial charge in [0.25, 0.3) is 0 Å². The Bertz CT molecular complexity index is 365. The molecule has 0 saturated heterocycles. The summed E-state index contributed by atoms with van der Waals surface area (Å²) in [5.74, 6) is 0. The van der Waals surface area contributed by atoms with E-state index in [1.165, 1.54) is 0 Å². The Morgan fingerprint density at radius 3 is 0.206 bits per heavy atom. The second-order valence-corrected chi connectivity index (χ2v) is 1.79. The van der Waals surface area contributed by atoms with Crippen LogP contribution in [-0.4, -0.2) is 40.7 Å². The molecule has 0 amide bonds. The molecule has 32 nitrogen and oxygen atoms in total. The topological polar surface area (TPSA) is 530 Å². The van der Waals surface area contributed by atoms with Crippen molar-refractivity contribution in [1.29, 1.82) is 0 Å². The van der Waals surface area contributed by atoms with Crippen molar-refractivity contribution in [2.24, 2.45) is 0 Å². The van der Waals surface area contributed by atoms with Crippen LogP contribution in [-0.2, 0) is 43.4 Å². The Morgan fingerprint density at radius 1 is 0.206 bits per heavy atom. The van der Waals surface area contributed by atoms with Crippen molar-refractivity contribution in [3.8, 4) is 0 Å². The minimum Gasteiger partial charge on any atom is -0.356 e. The maximum Gasteiger partial charge on any atom is 4.00 e. The molecular weight excluding hydrogens is 592 g/mol. The summed E-state index contributed by atoms with van der Waals surface area (Å²) in [6.07, 6.45) is 0. The molecule has 34 heteroatoms. The number of hydrogen-bond acceptors (Lipinski definition) is 24. The fourth-order valence-electron chi connectivity index (χ4n) is 0. The molecule has 0 heterocycles. The van der Waals surface area contributed by atoms with Crippen molar-refractivity contribution in [3.63, 3.8) is 0 Å². The first-order valence-electron chi connectivity index (χ1n) is 4.38. The van der Waals surface area contributed by atoms with E-state index >= 15 is 0 Å². The maximum absolute atomic E-state index is 8.25. The number of hydrogen-bond donors (Lipinski definition) is 0. The third-order valence-corrected chi connectivity index (χ3v) is 0. The largest absolute Gasteiger partial charge is 4.00 e. The van der Waals surface area contributed by atoms with Gasteiger partial charge in [-0.15, -0.1) is 0 Å². The van der Waals surface area contributed by atoms with Crippen LogP contribution < -0.4 is 0 Å². The maximum atomic E-state index is 8.25. The van der Waals surface area contributed by atoms with Gasteiger partial charge in [0, 0.05) is 0 Å². The molecular formula is N8O24Ti2.